The van der Waals surface area contributed by atoms with E-state index in [-0.39, 0.29) is 17.7 Å². The van der Waals surface area contributed by atoms with Gasteiger partial charge in [0.1, 0.15) is 5.75 Å². The molecule has 1 aromatic carbocycles. The highest BCUT2D eigenvalue weighted by atomic mass is 16.3. The average molecular weight is 262 g/mol. The molecule has 1 saturated heterocycles. The summed E-state index contributed by atoms with van der Waals surface area (Å²) in [5, 5.41) is 12.3. The molecule has 0 saturated carbocycles. The van der Waals surface area contributed by atoms with Gasteiger partial charge in [-0.1, -0.05) is 0 Å². The molecule has 0 aromatic heterocycles. The number of piperidine rings is 1. The van der Waals surface area contributed by atoms with Gasteiger partial charge in [0, 0.05) is 30.7 Å². The van der Waals surface area contributed by atoms with E-state index in [9.17, 15) is 9.90 Å². The summed E-state index contributed by atoms with van der Waals surface area (Å²) in [6, 6.07) is 7.21. The van der Waals surface area contributed by atoms with Crippen LogP contribution in [0, 0.1) is 0 Å². The van der Waals surface area contributed by atoms with Crippen molar-refractivity contribution in [3.8, 4) is 5.75 Å². The van der Waals surface area contributed by atoms with Gasteiger partial charge in [0.2, 0.25) is 0 Å². The summed E-state index contributed by atoms with van der Waals surface area (Å²) in [5.74, 6) is 0.129. The molecular formula is C15H22N2O2. The van der Waals surface area contributed by atoms with Crippen molar-refractivity contribution in [2.24, 2.45) is 0 Å². The molecule has 1 aliphatic heterocycles. The van der Waals surface area contributed by atoms with Crippen molar-refractivity contribution < 1.29 is 9.90 Å². The Hall–Kier alpha value is -1.55. The maximum Gasteiger partial charge on any atom is 0.251 e. The Morgan fingerprint density at radius 1 is 1.26 bits per heavy atom. The SMILES string of the molecule is CC(C)N1CCC(NC(=O)c2ccc(O)cc2)CC1. The van der Waals surface area contributed by atoms with Crippen LogP contribution in [0.3, 0.4) is 0 Å². The number of nitrogens with zero attached hydrogens (tertiary/aromatic N) is 1. The third-order valence-corrected chi connectivity index (χ3v) is 3.72. The number of carbonyl (C=O) groups is 1. The highest BCUT2D eigenvalue weighted by Crippen LogP contribution is 2.14. The molecule has 1 aromatic rings. The molecule has 4 heteroatoms. The molecule has 0 aliphatic carbocycles. The van der Waals surface area contributed by atoms with E-state index in [1.165, 1.54) is 12.1 Å². The highest BCUT2D eigenvalue weighted by Gasteiger charge is 2.22. The highest BCUT2D eigenvalue weighted by molar-refractivity contribution is 5.94. The van der Waals surface area contributed by atoms with E-state index < -0.39 is 0 Å². The number of carbonyl (C=O) groups excluding carboxylic acids is 1. The number of phenolic OH excluding ortho intramolecular Hbond substituents is 1. The Morgan fingerprint density at radius 2 is 1.84 bits per heavy atom. The van der Waals surface area contributed by atoms with E-state index in [1.54, 1.807) is 12.1 Å². The fourth-order valence-corrected chi connectivity index (χ4v) is 2.44. The lowest BCUT2D eigenvalue weighted by molar-refractivity contribution is 0.0900. The summed E-state index contributed by atoms with van der Waals surface area (Å²) in [6.07, 6.45) is 2.00. The van der Waals surface area contributed by atoms with Crippen LogP contribution in [0.2, 0.25) is 0 Å². The summed E-state index contributed by atoms with van der Waals surface area (Å²) in [7, 11) is 0. The van der Waals surface area contributed by atoms with Gasteiger partial charge in [-0.15, -0.1) is 0 Å². The molecule has 0 unspecified atom stereocenters. The third-order valence-electron chi connectivity index (χ3n) is 3.72. The van der Waals surface area contributed by atoms with Crippen molar-refractivity contribution >= 4 is 5.91 Å². The van der Waals surface area contributed by atoms with Crippen LogP contribution in [0.15, 0.2) is 24.3 Å². The molecule has 0 radical (unpaired) electrons. The summed E-state index contributed by atoms with van der Waals surface area (Å²) in [4.78, 5) is 14.5. The first-order valence-corrected chi connectivity index (χ1v) is 6.90. The van der Waals surface area contributed by atoms with Gasteiger partial charge < -0.3 is 15.3 Å². The van der Waals surface area contributed by atoms with Crippen LogP contribution in [0.5, 0.6) is 5.75 Å². The minimum absolute atomic E-state index is 0.0528. The summed E-state index contributed by atoms with van der Waals surface area (Å²) in [5.41, 5.74) is 0.601. The van der Waals surface area contributed by atoms with E-state index in [1.807, 2.05) is 0 Å². The largest absolute Gasteiger partial charge is 0.508 e. The second-order valence-electron chi connectivity index (χ2n) is 5.42. The summed E-state index contributed by atoms with van der Waals surface area (Å²) in [6.45, 7) is 6.49. The third kappa shape index (κ3) is 3.70. The second-order valence-corrected chi connectivity index (χ2v) is 5.42. The summed E-state index contributed by atoms with van der Waals surface area (Å²) < 4.78 is 0. The van der Waals surface area contributed by atoms with Gasteiger partial charge in [0.05, 0.1) is 0 Å². The smallest absolute Gasteiger partial charge is 0.251 e. The molecule has 0 spiro atoms. The topological polar surface area (TPSA) is 52.6 Å². The number of amides is 1. The zero-order chi connectivity index (χ0) is 13.8. The number of rotatable bonds is 3. The maximum absolute atomic E-state index is 12.0. The minimum Gasteiger partial charge on any atom is -0.508 e. The van der Waals surface area contributed by atoms with Gasteiger partial charge >= 0.3 is 0 Å². The van der Waals surface area contributed by atoms with Gasteiger partial charge in [0.15, 0.2) is 0 Å². The van der Waals surface area contributed by atoms with Crippen molar-refractivity contribution in [1.82, 2.24) is 10.2 Å². The molecule has 1 amide bonds. The zero-order valence-electron chi connectivity index (χ0n) is 11.6. The van der Waals surface area contributed by atoms with Gasteiger partial charge in [-0.3, -0.25) is 4.79 Å². The fourth-order valence-electron chi connectivity index (χ4n) is 2.44. The molecule has 104 valence electrons. The van der Waals surface area contributed by atoms with Crippen molar-refractivity contribution in [1.29, 1.82) is 0 Å². The zero-order valence-corrected chi connectivity index (χ0v) is 11.6. The van der Waals surface area contributed by atoms with Crippen LogP contribution in [0.1, 0.15) is 37.0 Å². The molecule has 2 rings (SSSR count). The van der Waals surface area contributed by atoms with Crippen LogP contribution in [0.25, 0.3) is 0 Å². The number of phenols is 1. The monoisotopic (exact) mass is 262 g/mol. The Kier molecular flexibility index (Phi) is 4.43. The Morgan fingerprint density at radius 3 is 2.37 bits per heavy atom. The van der Waals surface area contributed by atoms with Gasteiger partial charge in [-0.05, 0) is 51.0 Å². The molecule has 1 heterocycles. The van der Waals surface area contributed by atoms with Crippen molar-refractivity contribution in [2.75, 3.05) is 13.1 Å². The predicted octanol–water partition coefficient (Wildman–Crippen LogP) is 1.99. The Balaban J connectivity index is 1.85. The average Bonchev–Trinajstić information content (AvgIpc) is 2.40. The molecule has 1 fully saturated rings. The number of nitrogens with one attached hydrogen (secondary N) is 1. The quantitative estimate of drug-likeness (QED) is 0.876. The van der Waals surface area contributed by atoms with E-state index in [0.29, 0.717) is 11.6 Å². The van der Waals surface area contributed by atoms with Gasteiger partial charge in [-0.25, -0.2) is 0 Å². The van der Waals surface area contributed by atoms with Crippen molar-refractivity contribution in [3.63, 3.8) is 0 Å². The van der Waals surface area contributed by atoms with E-state index in [0.717, 1.165) is 25.9 Å². The first kappa shape index (κ1) is 13.9. The first-order chi connectivity index (χ1) is 9.06. The molecular weight excluding hydrogens is 240 g/mol. The van der Waals surface area contributed by atoms with Gasteiger partial charge in [-0.2, -0.15) is 0 Å². The number of aromatic hydroxyl groups is 1. The van der Waals surface area contributed by atoms with Gasteiger partial charge in [0.25, 0.3) is 5.91 Å². The van der Waals surface area contributed by atoms with Crippen LogP contribution in [-0.2, 0) is 0 Å². The lowest BCUT2D eigenvalue weighted by Gasteiger charge is -2.34. The molecule has 0 atom stereocenters. The van der Waals surface area contributed by atoms with E-state index in [2.05, 4.69) is 24.1 Å². The van der Waals surface area contributed by atoms with Crippen LogP contribution >= 0.6 is 0 Å². The molecule has 0 bridgehead atoms. The second kappa shape index (κ2) is 6.06. The Labute approximate surface area is 114 Å². The Bertz CT molecular complexity index is 420. The number of benzene rings is 1. The van der Waals surface area contributed by atoms with Crippen molar-refractivity contribution in [2.45, 2.75) is 38.8 Å². The predicted molar refractivity (Wildman–Crippen MR) is 75.3 cm³/mol. The van der Waals surface area contributed by atoms with Crippen LogP contribution in [-0.4, -0.2) is 41.1 Å². The molecule has 4 nitrogen and oxygen atoms in total. The molecule has 19 heavy (non-hydrogen) atoms. The van der Waals surface area contributed by atoms with Crippen LogP contribution in [0.4, 0.5) is 0 Å². The first-order valence-electron chi connectivity index (χ1n) is 6.90. The molecule has 2 N–H and O–H groups in total. The number of likely N-dealkylation sites (tertiary alicyclic amines) is 1. The molecule has 1 aliphatic rings. The number of hydrogen-bond acceptors (Lipinski definition) is 3. The van der Waals surface area contributed by atoms with Crippen molar-refractivity contribution in [3.05, 3.63) is 29.8 Å². The lowest BCUT2D eigenvalue weighted by Crippen LogP contribution is -2.46. The normalized spacial score (nSPS) is 17.6. The minimum atomic E-state index is -0.0528. The van der Waals surface area contributed by atoms with E-state index in [4.69, 9.17) is 0 Å². The standard InChI is InChI=1S/C15H22N2O2/c1-11(2)17-9-7-13(8-10-17)16-15(19)12-3-5-14(18)6-4-12/h3-6,11,13,18H,7-10H2,1-2H3,(H,16,19). The summed E-state index contributed by atoms with van der Waals surface area (Å²) >= 11 is 0. The maximum atomic E-state index is 12.0. The number of hydrogen-bond donors (Lipinski definition) is 2. The van der Waals surface area contributed by atoms with Crippen LogP contribution < -0.4 is 5.32 Å². The fraction of sp³-hybridized carbons (Fsp3) is 0.533. The van der Waals surface area contributed by atoms with E-state index >= 15 is 0 Å². The lowest BCUT2D eigenvalue weighted by atomic mass is 10.0.